The zero-order valence-corrected chi connectivity index (χ0v) is 15.5. The highest BCUT2D eigenvalue weighted by Gasteiger charge is 2.28. The Morgan fingerprint density at radius 1 is 1.33 bits per heavy atom. The number of pyridine rings is 1. The number of hydrogen-bond acceptors (Lipinski definition) is 3. The molecule has 0 spiro atoms. The predicted octanol–water partition coefficient (Wildman–Crippen LogP) is 3.38. The quantitative estimate of drug-likeness (QED) is 0.403. The molecule has 1 fully saturated rings. The molecule has 1 aromatic rings. The number of nitrogens with zero attached hydrogens (tertiary/aromatic N) is 2. The van der Waals surface area contributed by atoms with Crippen molar-refractivity contribution in [3.05, 3.63) is 23.9 Å². The molecule has 136 valence electrons. The number of nitrogens with two attached hydrogens (primary N) is 1. The third-order valence-corrected chi connectivity index (χ3v) is 3.57. The van der Waals surface area contributed by atoms with E-state index in [9.17, 15) is 13.2 Å². The van der Waals surface area contributed by atoms with E-state index in [1.54, 1.807) is 6.07 Å². The van der Waals surface area contributed by atoms with Crippen LogP contribution in [0, 0.1) is 0 Å². The first-order chi connectivity index (χ1) is 10.9. The molecule has 1 aromatic heterocycles. The second kappa shape index (κ2) is 9.90. The molecule has 1 saturated carbocycles. The highest BCUT2D eigenvalue weighted by atomic mass is 127. The van der Waals surface area contributed by atoms with Gasteiger partial charge >= 0.3 is 6.18 Å². The lowest BCUT2D eigenvalue weighted by molar-refractivity contribution is -0.154. The van der Waals surface area contributed by atoms with Crippen LogP contribution in [0.2, 0.25) is 0 Å². The van der Waals surface area contributed by atoms with Gasteiger partial charge in [-0.25, -0.2) is 9.98 Å². The fourth-order valence-electron chi connectivity index (χ4n) is 2.46. The topological polar surface area (TPSA) is 72.5 Å². The Morgan fingerprint density at radius 2 is 2.04 bits per heavy atom. The van der Waals surface area contributed by atoms with Gasteiger partial charge in [0.15, 0.2) is 12.6 Å². The monoisotopic (exact) mass is 458 g/mol. The van der Waals surface area contributed by atoms with Crippen LogP contribution in [0.4, 0.5) is 13.2 Å². The molecule has 2 rings (SSSR count). The highest BCUT2D eigenvalue weighted by molar-refractivity contribution is 14.0. The molecule has 1 aliphatic rings. The summed E-state index contributed by atoms with van der Waals surface area (Å²) in [6.45, 7) is -1.10. The largest absolute Gasteiger partial charge is 0.468 e. The van der Waals surface area contributed by atoms with E-state index in [1.165, 1.54) is 31.5 Å². The van der Waals surface area contributed by atoms with E-state index in [2.05, 4.69) is 20.0 Å². The Hall–Kier alpha value is -1.26. The number of hydrogen-bond donors (Lipinski definition) is 2. The van der Waals surface area contributed by atoms with E-state index in [0.29, 0.717) is 17.6 Å². The highest BCUT2D eigenvalue weighted by Crippen LogP contribution is 2.18. The third kappa shape index (κ3) is 8.02. The molecule has 3 N–H and O–H groups in total. The van der Waals surface area contributed by atoms with E-state index in [-0.39, 0.29) is 36.4 Å². The van der Waals surface area contributed by atoms with Crippen molar-refractivity contribution in [1.82, 2.24) is 10.3 Å². The molecule has 0 unspecified atom stereocenters. The van der Waals surface area contributed by atoms with Gasteiger partial charge in [-0.15, -0.1) is 24.0 Å². The van der Waals surface area contributed by atoms with Crippen molar-refractivity contribution in [3.63, 3.8) is 0 Å². The van der Waals surface area contributed by atoms with Crippen LogP contribution < -0.4 is 15.8 Å². The number of rotatable bonds is 5. The Bertz CT molecular complexity index is 534. The SMILES string of the molecule is I.NC(=NCc1ccnc(OCC(F)(F)F)c1)NC1CCCCC1. The van der Waals surface area contributed by atoms with Crippen LogP contribution in [0.1, 0.15) is 37.7 Å². The van der Waals surface area contributed by atoms with Gasteiger partial charge < -0.3 is 15.8 Å². The lowest BCUT2D eigenvalue weighted by atomic mass is 9.96. The number of alkyl halides is 3. The van der Waals surface area contributed by atoms with E-state index < -0.39 is 12.8 Å². The molecule has 1 heterocycles. The van der Waals surface area contributed by atoms with Crippen LogP contribution in [-0.4, -0.2) is 29.8 Å². The van der Waals surface area contributed by atoms with Gasteiger partial charge in [0.2, 0.25) is 5.88 Å². The van der Waals surface area contributed by atoms with E-state index >= 15 is 0 Å². The number of ether oxygens (including phenoxy) is 1. The van der Waals surface area contributed by atoms with Crippen LogP contribution in [0.15, 0.2) is 23.3 Å². The van der Waals surface area contributed by atoms with Gasteiger partial charge in [-0.3, -0.25) is 0 Å². The normalized spacial score (nSPS) is 16.4. The molecule has 0 radical (unpaired) electrons. The summed E-state index contributed by atoms with van der Waals surface area (Å²) in [6, 6.07) is 3.46. The minimum absolute atomic E-state index is 0. The first kappa shape index (κ1) is 20.8. The van der Waals surface area contributed by atoms with Gasteiger partial charge in [0.05, 0.1) is 6.54 Å². The molecule has 0 atom stereocenters. The summed E-state index contributed by atoms with van der Waals surface area (Å²) < 4.78 is 41.0. The summed E-state index contributed by atoms with van der Waals surface area (Å²) >= 11 is 0. The maximum atomic E-state index is 12.1. The molecule has 5 nitrogen and oxygen atoms in total. The molecule has 0 bridgehead atoms. The Labute approximate surface area is 156 Å². The summed E-state index contributed by atoms with van der Waals surface area (Å²) in [4.78, 5) is 7.96. The van der Waals surface area contributed by atoms with Gasteiger partial charge in [0.1, 0.15) is 0 Å². The van der Waals surface area contributed by atoms with Crippen LogP contribution >= 0.6 is 24.0 Å². The lowest BCUT2D eigenvalue weighted by Gasteiger charge is -2.23. The predicted molar refractivity (Wildman–Crippen MR) is 96.5 cm³/mol. The molecule has 1 aliphatic carbocycles. The van der Waals surface area contributed by atoms with E-state index in [1.807, 2.05) is 0 Å². The van der Waals surface area contributed by atoms with Gasteiger partial charge in [-0.2, -0.15) is 13.2 Å². The number of aliphatic imine (C=N–C) groups is 1. The Balaban J connectivity index is 0.00000288. The zero-order valence-electron chi connectivity index (χ0n) is 13.2. The van der Waals surface area contributed by atoms with Crippen molar-refractivity contribution in [2.45, 2.75) is 50.9 Å². The lowest BCUT2D eigenvalue weighted by Crippen LogP contribution is -2.41. The number of aromatic nitrogens is 1. The summed E-state index contributed by atoms with van der Waals surface area (Å²) in [6.07, 6.45) is 2.81. The fourth-order valence-corrected chi connectivity index (χ4v) is 2.46. The van der Waals surface area contributed by atoms with Crippen molar-refractivity contribution in [3.8, 4) is 5.88 Å². The van der Waals surface area contributed by atoms with Crippen LogP contribution in [0.3, 0.4) is 0 Å². The molecular formula is C15H22F3IN4O. The zero-order chi connectivity index (χ0) is 16.7. The van der Waals surface area contributed by atoms with Crippen molar-refractivity contribution in [1.29, 1.82) is 0 Å². The maximum Gasteiger partial charge on any atom is 0.422 e. The van der Waals surface area contributed by atoms with Crippen LogP contribution in [0.5, 0.6) is 5.88 Å². The first-order valence-corrected chi connectivity index (χ1v) is 7.63. The minimum atomic E-state index is -4.38. The van der Waals surface area contributed by atoms with E-state index in [0.717, 1.165) is 12.8 Å². The van der Waals surface area contributed by atoms with Crippen molar-refractivity contribution in [2.75, 3.05) is 6.61 Å². The molecule has 0 saturated heterocycles. The average Bonchev–Trinajstić information content (AvgIpc) is 2.52. The maximum absolute atomic E-state index is 12.1. The van der Waals surface area contributed by atoms with Crippen molar-refractivity contribution < 1.29 is 17.9 Å². The Morgan fingerprint density at radius 3 is 2.71 bits per heavy atom. The number of nitrogens with one attached hydrogen (secondary N) is 1. The second-order valence-corrected chi connectivity index (χ2v) is 5.59. The molecule has 0 amide bonds. The van der Waals surface area contributed by atoms with Crippen molar-refractivity contribution in [2.24, 2.45) is 10.7 Å². The number of halogens is 4. The van der Waals surface area contributed by atoms with Gasteiger partial charge in [0, 0.05) is 18.3 Å². The van der Waals surface area contributed by atoms with Crippen LogP contribution in [-0.2, 0) is 6.54 Å². The van der Waals surface area contributed by atoms with Gasteiger partial charge in [-0.05, 0) is 24.5 Å². The van der Waals surface area contributed by atoms with Crippen LogP contribution in [0.25, 0.3) is 0 Å². The molecule has 24 heavy (non-hydrogen) atoms. The third-order valence-electron chi connectivity index (χ3n) is 3.57. The smallest absolute Gasteiger partial charge is 0.422 e. The van der Waals surface area contributed by atoms with Gasteiger partial charge in [0.25, 0.3) is 0 Å². The fraction of sp³-hybridized carbons (Fsp3) is 0.600. The standard InChI is InChI=1S/C15H21F3N4O.HI/c16-15(17,18)10-23-13-8-11(6-7-20-13)9-21-14(19)22-12-4-2-1-3-5-12;/h6-8,12H,1-5,9-10H2,(H3,19,21,22);1H. The summed E-state index contributed by atoms with van der Waals surface area (Å²) in [5.41, 5.74) is 6.54. The van der Waals surface area contributed by atoms with Gasteiger partial charge in [-0.1, -0.05) is 19.3 Å². The minimum Gasteiger partial charge on any atom is -0.468 e. The van der Waals surface area contributed by atoms with Crippen molar-refractivity contribution >= 4 is 29.9 Å². The number of guanidine groups is 1. The molecule has 0 aromatic carbocycles. The summed E-state index contributed by atoms with van der Waals surface area (Å²) in [7, 11) is 0. The average molecular weight is 458 g/mol. The Kier molecular flexibility index (Phi) is 8.57. The molecular weight excluding hydrogens is 436 g/mol. The van der Waals surface area contributed by atoms with E-state index in [4.69, 9.17) is 5.73 Å². The summed E-state index contributed by atoms with van der Waals surface area (Å²) in [5, 5.41) is 3.18. The first-order valence-electron chi connectivity index (χ1n) is 7.63. The molecule has 0 aliphatic heterocycles. The molecule has 9 heteroatoms. The summed E-state index contributed by atoms with van der Waals surface area (Å²) in [5.74, 6) is 0.278. The second-order valence-electron chi connectivity index (χ2n) is 5.59.